The number of nitrogens with zero attached hydrogens (tertiary/aromatic N) is 4. The normalized spacial score (nSPS) is 14.0. The van der Waals surface area contributed by atoms with E-state index in [9.17, 15) is 0 Å². The molecule has 1 aromatic heterocycles. The predicted octanol–water partition coefficient (Wildman–Crippen LogP) is 5.09. The molecule has 0 radical (unpaired) electrons. The van der Waals surface area contributed by atoms with Gasteiger partial charge in [0.2, 0.25) is 0 Å². The number of aryl methyl sites for hydroxylation is 1. The zero-order chi connectivity index (χ0) is 23.5. The first-order chi connectivity index (χ1) is 16.1. The van der Waals surface area contributed by atoms with Crippen LogP contribution in [0.3, 0.4) is 0 Å². The fourth-order valence-corrected chi connectivity index (χ4v) is 4.17. The van der Waals surface area contributed by atoms with Crippen LogP contribution >= 0.6 is 12.2 Å². The van der Waals surface area contributed by atoms with E-state index in [-0.39, 0.29) is 0 Å². The largest absolute Gasteiger partial charge is 0.462 e. The topological polar surface area (TPSA) is 65.6 Å². The number of hydrogen-bond donors (Lipinski definition) is 2. The Kier molecular flexibility index (Phi) is 10.2. The number of aromatic nitrogens is 2. The molecular weight excluding hydrogens is 432 g/mol. The number of likely N-dealkylation sites (tertiary alicyclic amines) is 1. The standard InChI is InChI=1S/C25H38N6OS/c1-4-13-31(14-5-2)23-19-22(28-25(33)26-21-11-9-20(3)10-12-21)27-24(29-23)32-18-17-30-15-7-6-8-16-30/h9-12,19H,4-8,13-18H2,1-3H3,(H2,26,27,28,29,33). The minimum Gasteiger partial charge on any atom is -0.462 e. The number of hydrogen-bond acceptors (Lipinski definition) is 6. The maximum Gasteiger partial charge on any atom is 0.320 e. The molecule has 2 aromatic rings. The molecule has 0 unspecified atom stereocenters. The van der Waals surface area contributed by atoms with Crippen LogP contribution in [0.5, 0.6) is 6.01 Å². The Hall–Kier alpha value is -2.45. The highest BCUT2D eigenvalue weighted by molar-refractivity contribution is 7.80. The van der Waals surface area contributed by atoms with E-state index in [1.807, 2.05) is 18.2 Å². The summed E-state index contributed by atoms with van der Waals surface area (Å²) in [7, 11) is 0. The Morgan fingerprint density at radius 3 is 2.39 bits per heavy atom. The summed E-state index contributed by atoms with van der Waals surface area (Å²) in [6.07, 6.45) is 5.97. The lowest BCUT2D eigenvalue weighted by atomic mass is 10.1. The highest BCUT2D eigenvalue weighted by Gasteiger charge is 2.14. The zero-order valence-electron chi connectivity index (χ0n) is 20.3. The van der Waals surface area contributed by atoms with E-state index in [0.29, 0.717) is 23.5 Å². The Morgan fingerprint density at radius 2 is 1.73 bits per heavy atom. The lowest BCUT2D eigenvalue weighted by Crippen LogP contribution is -2.33. The second-order valence-corrected chi connectivity index (χ2v) is 8.99. The lowest BCUT2D eigenvalue weighted by Gasteiger charge is -2.26. The molecule has 7 nitrogen and oxygen atoms in total. The molecule has 0 aliphatic carbocycles. The molecular formula is C25H38N6OS. The van der Waals surface area contributed by atoms with Crippen LogP contribution in [0.15, 0.2) is 30.3 Å². The van der Waals surface area contributed by atoms with Crippen molar-refractivity contribution in [1.82, 2.24) is 14.9 Å². The molecule has 1 aromatic carbocycles. The van der Waals surface area contributed by atoms with Crippen LogP contribution in [0.2, 0.25) is 0 Å². The highest BCUT2D eigenvalue weighted by atomic mass is 32.1. The van der Waals surface area contributed by atoms with Gasteiger partial charge >= 0.3 is 6.01 Å². The van der Waals surface area contributed by atoms with Crippen LogP contribution in [0, 0.1) is 6.92 Å². The van der Waals surface area contributed by atoms with Crippen molar-refractivity contribution in [1.29, 1.82) is 0 Å². The summed E-state index contributed by atoms with van der Waals surface area (Å²) in [5.41, 5.74) is 2.14. The van der Waals surface area contributed by atoms with Crippen molar-refractivity contribution in [2.24, 2.45) is 0 Å². The first-order valence-corrected chi connectivity index (χ1v) is 12.6. The fraction of sp³-hybridized carbons (Fsp3) is 0.560. The third-order valence-corrected chi connectivity index (χ3v) is 5.85. The first-order valence-electron chi connectivity index (χ1n) is 12.2. The summed E-state index contributed by atoms with van der Waals surface area (Å²) in [5.74, 6) is 1.50. The lowest BCUT2D eigenvalue weighted by molar-refractivity contribution is 0.177. The van der Waals surface area contributed by atoms with Gasteiger partial charge in [0.1, 0.15) is 18.2 Å². The van der Waals surface area contributed by atoms with Crippen LogP contribution < -0.4 is 20.3 Å². The molecule has 0 atom stereocenters. The van der Waals surface area contributed by atoms with Crippen molar-refractivity contribution in [3.63, 3.8) is 0 Å². The van der Waals surface area contributed by atoms with E-state index in [1.54, 1.807) is 0 Å². The Morgan fingerprint density at radius 1 is 1.03 bits per heavy atom. The molecule has 8 heteroatoms. The zero-order valence-corrected chi connectivity index (χ0v) is 21.1. The summed E-state index contributed by atoms with van der Waals surface area (Å²) in [6, 6.07) is 10.5. The van der Waals surface area contributed by atoms with E-state index >= 15 is 0 Å². The van der Waals surface area contributed by atoms with Gasteiger partial charge in [0.15, 0.2) is 5.11 Å². The Balaban J connectivity index is 1.70. The molecule has 1 aliphatic heterocycles. The first kappa shape index (κ1) is 25.2. The summed E-state index contributed by atoms with van der Waals surface area (Å²) in [4.78, 5) is 14.1. The van der Waals surface area contributed by atoms with Crippen molar-refractivity contribution < 1.29 is 4.74 Å². The Labute approximate surface area is 203 Å². The third kappa shape index (κ3) is 8.44. The predicted molar refractivity (Wildman–Crippen MR) is 142 cm³/mol. The van der Waals surface area contributed by atoms with Gasteiger partial charge in [-0.3, -0.25) is 4.90 Å². The van der Waals surface area contributed by atoms with Gasteiger partial charge in [-0.2, -0.15) is 9.97 Å². The SMILES string of the molecule is CCCN(CCC)c1cc(NC(=S)Nc2ccc(C)cc2)nc(OCCN2CCCCC2)n1. The molecule has 1 aliphatic rings. The number of piperidine rings is 1. The average molecular weight is 471 g/mol. The fourth-order valence-electron chi connectivity index (χ4n) is 3.95. The van der Waals surface area contributed by atoms with Gasteiger partial charge in [-0.05, 0) is 70.0 Å². The number of benzene rings is 1. The Bertz CT molecular complexity index is 864. The monoisotopic (exact) mass is 470 g/mol. The summed E-state index contributed by atoms with van der Waals surface area (Å²) >= 11 is 5.53. The van der Waals surface area contributed by atoms with Crippen molar-refractivity contribution >= 4 is 34.7 Å². The maximum absolute atomic E-state index is 6.02. The van der Waals surface area contributed by atoms with Gasteiger partial charge in [-0.15, -0.1) is 0 Å². The van der Waals surface area contributed by atoms with Crippen LogP contribution in [0.25, 0.3) is 0 Å². The van der Waals surface area contributed by atoms with E-state index in [4.69, 9.17) is 21.9 Å². The van der Waals surface area contributed by atoms with Crippen LogP contribution in [-0.4, -0.2) is 59.3 Å². The summed E-state index contributed by atoms with van der Waals surface area (Å²) in [6.45, 7) is 12.1. The minimum absolute atomic E-state index is 0.391. The second-order valence-electron chi connectivity index (χ2n) is 8.58. The van der Waals surface area contributed by atoms with E-state index in [2.05, 4.69) is 58.3 Å². The van der Waals surface area contributed by atoms with Crippen molar-refractivity contribution in [3.8, 4) is 6.01 Å². The molecule has 0 spiro atoms. The average Bonchev–Trinajstić information content (AvgIpc) is 2.81. The van der Waals surface area contributed by atoms with E-state index < -0.39 is 0 Å². The maximum atomic E-state index is 6.02. The number of ether oxygens (including phenoxy) is 1. The quantitative estimate of drug-likeness (QED) is 0.441. The molecule has 0 saturated carbocycles. The highest BCUT2D eigenvalue weighted by Crippen LogP contribution is 2.21. The minimum atomic E-state index is 0.391. The number of nitrogens with one attached hydrogen (secondary N) is 2. The number of thiocarbonyl (C=S) groups is 1. The molecule has 0 bridgehead atoms. The van der Waals surface area contributed by atoms with Gasteiger partial charge < -0.3 is 20.3 Å². The summed E-state index contributed by atoms with van der Waals surface area (Å²) in [5, 5.41) is 6.92. The molecule has 2 N–H and O–H groups in total. The van der Waals surface area contributed by atoms with E-state index in [1.165, 1.54) is 24.8 Å². The second kappa shape index (κ2) is 13.3. The smallest absolute Gasteiger partial charge is 0.320 e. The van der Waals surface area contributed by atoms with Gasteiger partial charge in [0.05, 0.1) is 0 Å². The molecule has 1 saturated heterocycles. The van der Waals surface area contributed by atoms with Crippen LogP contribution in [0.1, 0.15) is 51.5 Å². The van der Waals surface area contributed by atoms with Crippen molar-refractivity contribution in [2.45, 2.75) is 52.9 Å². The van der Waals surface area contributed by atoms with Gasteiger partial charge in [0, 0.05) is 31.4 Å². The summed E-state index contributed by atoms with van der Waals surface area (Å²) < 4.78 is 6.02. The molecule has 180 valence electrons. The molecule has 2 heterocycles. The van der Waals surface area contributed by atoms with Gasteiger partial charge in [-0.25, -0.2) is 0 Å². The van der Waals surface area contributed by atoms with E-state index in [0.717, 1.165) is 57.1 Å². The van der Waals surface area contributed by atoms with Crippen LogP contribution in [0.4, 0.5) is 17.3 Å². The molecule has 3 rings (SSSR count). The van der Waals surface area contributed by atoms with Crippen LogP contribution in [-0.2, 0) is 0 Å². The number of anilines is 3. The number of rotatable bonds is 11. The molecule has 33 heavy (non-hydrogen) atoms. The van der Waals surface area contributed by atoms with Crippen molar-refractivity contribution in [2.75, 3.05) is 54.9 Å². The van der Waals surface area contributed by atoms with Gasteiger partial charge in [-0.1, -0.05) is 38.0 Å². The van der Waals surface area contributed by atoms with Gasteiger partial charge in [0.25, 0.3) is 0 Å². The molecule has 1 fully saturated rings. The third-order valence-electron chi connectivity index (χ3n) is 5.64. The van der Waals surface area contributed by atoms with Crippen molar-refractivity contribution in [3.05, 3.63) is 35.9 Å². The molecule has 0 amide bonds.